The summed E-state index contributed by atoms with van der Waals surface area (Å²) < 4.78 is 31.7. The van der Waals surface area contributed by atoms with E-state index in [9.17, 15) is 27.6 Å². The number of carbonyl (C=O) groups excluding carboxylic acids is 3. The molecule has 0 saturated carbocycles. The van der Waals surface area contributed by atoms with E-state index in [1.807, 2.05) is 12.1 Å². The van der Waals surface area contributed by atoms with Crippen LogP contribution in [-0.2, 0) is 19.2 Å². The first-order chi connectivity index (χ1) is 14.5. The summed E-state index contributed by atoms with van der Waals surface area (Å²) in [6.45, 7) is 3.10. The Morgan fingerprint density at radius 1 is 1.26 bits per heavy atom. The molecule has 0 aliphatic carbocycles. The number of hydrogen-bond donors (Lipinski definition) is 2. The van der Waals surface area contributed by atoms with Gasteiger partial charge in [0.25, 0.3) is 0 Å². The van der Waals surface area contributed by atoms with Crippen molar-refractivity contribution in [1.29, 1.82) is 0 Å². The number of likely N-dealkylation sites (tertiary alicyclic amines) is 1. The molecule has 170 valence electrons. The second-order valence-corrected chi connectivity index (χ2v) is 7.33. The Labute approximate surface area is 176 Å². The molecule has 1 spiro atoms. The number of pyridine rings is 1. The number of alkyl halides is 3. The summed E-state index contributed by atoms with van der Waals surface area (Å²) in [4.78, 5) is 52.7. The topological polar surface area (TPSA) is 120 Å². The van der Waals surface area contributed by atoms with Crippen LogP contribution in [-0.4, -0.2) is 71.0 Å². The van der Waals surface area contributed by atoms with Gasteiger partial charge in [-0.15, -0.1) is 0 Å². The summed E-state index contributed by atoms with van der Waals surface area (Å²) in [6, 6.07) is 3.70. The highest BCUT2D eigenvalue weighted by atomic mass is 19.4. The second kappa shape index (κ2) is 9.75. The predicted octanol–water partition coefficient (Wildman–Crippen LogP) is 1.20. The fourth-order valence-electron chi connectivity index (χ4n) is 3.62. The normalized spacial score (nSPS) is 20.8. The largest absolute Gasteiger partial charge is 0.490 e. The van der Waals surface area contributed by atoms with Gasteiger partial charge in [0.05, 0.1) is 23.8 Å². The number of hydrogen-bond acceptors (Lipinski definition) is 5. The van der Waals surface area contributed by atoms with Crippen molar-refractivity contribution < 1.29 is 37.5 Å². The van der Waals surface area contributed by atoms with E-state index in [1.165, 1.54) is 6.92 Å². The van der Waals surface area contributed by atoms with Gasteiger partial charge in [-0.1, -0.05) is 0 Å². The molecule has 1 atom stereocenters. The van der Waals surface area contributed by atoms with Gasteiger partial charge in [-0.3, -0.25) is 19.4 Å². The summed E-state index contributed by atoms with van der Waals surface area (Å²) in [5.41, 5.74) is 0.307. The van der Waals surface area contributed by atoms with E-state index < -0.39 is 17.6 Å². The van der Waals surface area contributed by atoms with Gasteiger partial charge in [0.15, 0.2) is 0 Å². The zero-order valence-corrected chi connectivity index (χ0v) is 16.8. The predicted molar refractivity (Wildman–Crippen MR) is 102 cm³/mol. The molecule has 2 N–H and O–H groups in total. The number of carbonyl (C=O) groups is 4. The van der Waals surface area contributed by atoms with Crippen molar-refractivity contribution in [3.63, 3.8) is 0 Å². The van der Waals surface area contributed by atoms with Crippen molar-refractivity contribution in [2.24, 2.45) is 5.41 Å². The van der Waals surface area contributed by atoms with Crippen molar-refractivity contribution in [3.05, 3.63) is 24.5 Å². The van der Waals surface area contributed by atoms with E-state index in [0.717, 1.165) is 24.9 Å². The van der Waals surface area contributed by atoms with Crippen molar-refractivity contribution in [1.82, 2.24) is 15.2 Å². The lowest BCUT2D eigenvalue weighted by Gasteiger charge is -2.39. The minimum atomic E-state index is -5.08. The third-order valence-electron chi connectivity index (χ3n) is 5.13. The van der Waals surface area contributed by atoms with Gasteiger partial charge < -0.3 is 20.2 Å². The molecule has 1 aromatic rings. The molecule has 0 bridgehead atoms. The maximum absolute atomic E-state index is 13.0. The Morgan fingerprint density at radius 2 is 1.94 bits per heavy atom. The number of nitrogens with zero attached hydrogens (tertiary/aromatic N) is 3. The Bertz CT molecular complexity index is 834. The van der Waals surface area contributed by atoms with Gasteiger partial charge >= 0.3 is 12.1 Å². The number of aromatic nitrogens is 1. The van der Waals surface area contributed by atoms with Crippen LogP contribution in [0.15, 0.2) is 24.5 Å². The van der Waals surface area contributed by atoms with Gasteiger partial charge in [0.2, 0.25) is 17.7 Å². The minimum absolute atomic E-state index is 0.00801. The summed E-state index contributed by atoms with van der Waals surface area (Å²) in [7, 11) is 0. The molecule has 2 fully saturated rings. The lowest BCUT2D eigenvalue weighted by Crippen LogP contribution is -2.51. The quantitative estimate of drug-likeness (QED) is 0.723. The first-order valence-corrected chi connectivity index (χ1v) is 9.50. The lowest BCUT2D eigenvalue weighted by molar-refractivity contribution is -0.192. The fourth-order valence-corrected chi connectivity index (χ4v) is 3.62. The number of aliphatic carboxylic acids is 1. The number of rotatable bonds is 3. The molecule has 0 aromatic carbocycles. The number of halogens is 3. The van der Waals surface area contributed by atoms with Crippen LogP contribution in [0.2, 0.25) is 0 Å². The number of piperidine rings is 1. The van der Waals surface area contributed by atoms with Crippen molar-refractivity contribution in [2.45, 2.75) is 32.4 Å². The SMILES string of the molecule is CC(=O)NCC(=O)N1CCCC2(CCN(c3cccnc3)C2=O)C1.O=C(O)C(F)(F)F. The Kier molecular flexibility index (Phi) is 7.58. The third-order valence-corrected chi connectivity index (χ3v) is 5.13. The molecule has 12 heteroatoms. The highest BCUT2D eigenvalue weighted by Crippen LogP contribution is 2.41. The molecule has 9 nitrogen and oxygen atoms in total. The van der Waals surface area contributed by atoms with Gasteiger partial charge in [-0.25, -0.2) is 4.79 Å². The zero-order valence-electron chi connectivity index (χ0n) is 16.8. The summed E-state index contributed by atoms with van der Waals surface area (Å²) in [6.07, 6.45) is 0.637. The lowest BCUT2D eigenvalue weighted by atomic mass is 9.78. The average molecular weight is 444 g/mol. The van der Waals surface area contributed by atoms with Crippen LogP contribution >= 0.6 is 0 Å². The monoisotopic (exact) mass is 444 g/mol. The number of nitrogens with one attached hydrogen (secondary N) is 1. The summed E-state index contributed by atoms with van der Waals surface area (Å²) in [5, 5.41) is 9.66. The molecule has 3 heterocycles. The van der Waals surface area contributed by atoms with E-state index in [-0.39, 0.29) is 24.3 Å². The molecule has 3 amide bonds. The molecule has 1 aromatic heterocycles. The van der Waals surface area contributed by atoms with Crippen molar-refractivity contribution >= 4 is 29.4 Å². The molecular formula is C19H23F3N4O5. The molecular weight excluding hydrogens is 421 g/mol. The molecule has 0 radical (unpaired) electrons. The molecule has 3 rings (SSSR count). The Hall–Kier alpha value is -3.18. The van der Waals surface area contributed by atoms with Crippen LogP contribution in [0.1, 0.15) is 26.2 Å². The molecule has 31 heavy (non-hydrogen) atoms. The minimum Gasteiger partial charge on any atom is -0.475 e. The van der Waals surface area contributed by atoms with Crippen molar-refractivity contribution in [2.75, 3.05) is 31.1 Å². The number of anilines is 1. The highest BCUT2D eigenvalue weighted by Gasteiger charge is 2.50. The van der Waals surface area contributed by atoms with Crippen LogP contribution in [0.3, 0.4) is 0 Å². The van der Waals surface area contributed by atoms with Crippen LogP contribution < -0.4 is 10.2 Å². The molecule has 2 aliphatic rings. The highest BCUT2D eigenvalue weighted by molar-refractivity contribution is 6.00. The fraction of sp³-hybridized carbons (Fsp3) is 0.526. The van der Waals surface area contributed by atoms with E-state index in [2.05, 4.69) is 10.3 Å². The first-order valence-electron chi connectivity index (χ1n) is 9.50. The average Bonchev–Trinajstić information content (AvgIpc) is 3.02. The van der Waals surface area contributed by atoms with E-state index in [1.54, 1.807) is 22.2 Å². The smallest absolute Gasteiger partial charge is 0.475 e. The van der Waals surface area contributed by atoms with E-state index >= 15 is 0 Å². The van der Waals surface area contributed by atoms with Gasteiger partial charge in [0.1, 0.15) is 0 Å². The van der Waals surface area contributed by atoms with Crippen molar-refractivity contribution in [3.8, 4) is 0 Å². The van der Waals surface area contributed by atoms with Gasteiger partial charge in [0, 0.05) is 32.8 Å². The number of carboxylic acids is 1. The van der Waals surface area contributed by atoms with Gasteiger partial charge in [-0.05, 0) is 31.4 Å². The maximum Gasteiger partial charge on any atom is 0.490 e. The van der Waals surface area contributed by atoms with Crippen LogP contribution in [0.4, 0.5) is 18.9 Å². The maximum atomic E-state index is 13.0. The number of carboxylic acid groups (broad SMARTS) is 1. The number of amides is 3. The first kappa shape index (κ1) is 24.1. The molecule has 2 saturated heterocycles. The van der Waals surface area contributed by atoms with Crippen LogP contribution in [0.25, 0.3) is 0 Å². The Morgan fingerprint density at radius 3 is 2.48 bits per heavy atom. The standard InChI is InChI=1S/C17H22N4O3.C2HF3O2/c1-13(22)19-11-15(23)20-8-3-5-17(12-20)6-9-21(16(17)24)14-4-2-7-18-10-14;3-2(4,5)1(6)7/h2,4,7,10H,3,5-6,8-9,11-12H2,1H3,(H,19,22);(H,6,7). The van der Waals surface area contributed by atoms with Crippen LogP contribution in [0.5, 0.6) is 0 Å². The van der Waals surface area contributed by atoms with Crippen LogP contribution in [0, 0.1) is 5.41 Å². The van der Waals surface area contributed by atoms with E-state index in [0.29, 0.717) is 19.6 Å². The third kappa shape index (κ3) is 6.15. The Balaban J connectivity index is 0.000000423. The second-order valence-electron chi connectivity index (χ2n) is 7.33. The molecule has 2 aliphatic heterocycles. The van der Waals surface area contributed by atoms with E-state index in [4.69, 9.17) is 9.90 Å². The zero-order chi connectivity index (χ0) is 23.2. The van der Waals surface area contributed by atoms with Gasteiger partial charge in [-0.2, -0.15) is 13.2 Å². The summed E-state index contributed by atoms with van der Waals surface area (Å²) >= 11 is 0. The summed E-state index contributed by atoms with van der Waals surface area (Å²) in [5.74, 6) is -3.04. The molecule has 1 unspecified atom stereocenters.